The number of hydrogen-bond acceptors (Lipinski definition) is 3. The standard InChI is InChI=1S/C12H24N2O/c1-10-6-12(7-10,8-13)14-4-5-15-9-11(14,2)3/h10H,4-9,13H2,1-3H3. The van der Waals surface area contributed by atoms with Crippen molar-refractivity contribution in [3.05, 3.63) is 0 Å². The summed E-state index contributed by atoms with van der Waals surface area (Å²) in [6.45, 7) is 10.4. The average Bonchev–Trinajstić information content (AvgIpc) is 2.12. The lowest BCUT2D eigenvalue weighted by Gasteiger charge is -2.60. The van der Waals surface area contributed by atoms with Crippen molar-refractivity contribution in [1.82, 2.24) is 4.90 Å². The monoisotopic (exact) mass is 212 g/mol. The van der Waals surface area contributed by atoms with Gasteiger partial charge < -0.3 is 10.5 Å². The third-order valence-electron chi connectivity index (χ3n) is 4.05. The van der Waals surface area contributed by atoms with Gasteiger partial charge in [-0.25, -0.2) is 0 Å². The van der Waals surface area contributed by atoms with Crippen LogP contribution in [0.3, 0.4) is 0 Å². The zero-order chi connectivity index (χ0) is 11.1. The molecule has 0 bridgehead atoms. The first-order valence-electron chi connectivity index (χ1n) is 6.06. The highest BCUT2D eigenvalue weighted by molar-refractivity contribution is 5.07. The molecule has 3 heteroatoms. The summed E-state index contributed by atoms with van der Waals surface area (Å²) in [7, 11) is 0. The van der Waals surface area contributed by atoms with Crippen LogP contribution in [-0.2, 0) is 4.74 Å². The third kappa shape index (κ3) is 1.81. The molecule has 0 aromatic rings. The Hall–Kier alpha value is -0.120. The maximum absolute atomic E-state index is 6.00. The van der Waals surface area contributed by atoms with E-state index in [0.29, 0.717) is 0 Å². The maximum Gasteiger partial charge on any atom is 0.0645 e. The van der Waals surface area contributed by atoms with Gasteiger partial charge in [-0.15, -0.1) is 0 Å². The van der Waals surface area contributed by atoms with Crippen LogP contribution in [0.5, 0.6) is 0 Å². The smallest absolute Gasteiger partial charge is 0.0645 e. The molecule has 2 aliphatic rings. The molecular weight excluding hydrogens is 188 g/mol. The molecule has 0 amide bonds. The summed E-state index contributed by atoms with van der Waals surface area (Å²) >= 11 is 0. The van der Waals surface area contributed by atoms with Gasteiger partial charge in [-0.1, -0.05) is 6.92 Å². The molecule has 0 unspecified atom stereocenters. The molecule has 2 rings (SSSR count). The SMILES string of the molecule is CC1CC(CN)(N2CCOCC2(C)C)C1. The summed E-state index contributed by atoms with van der Waals surface area (Å²) in [5.41, 5.74) is 6.42. The summed E-state index contributed by atoms with van der Waals surface area (Å²) in [6, 6.07) is 0. The Morgan fingerprint density at radius 2 is 2.07 bits per heavy atom. The molecule has 1 saturated heterocycles. The van der Waals surface area contributed by atoms with Crippen LogP contribution in [-0.4, -0.2) is 42.3 Å². The second kappa shape index (κ2) is 3.72. The lowest BCUT2D eigenvalue weighted by atomic mass is 9.66. The summed E-state index contributed by atoms with van der Waals surface area (Å²) < 4.78 is 5.57. The minimum Gasteiger partial charge on any atom is -0.378 e. The fraction of sp³-hybridized carbons (Fsp3) is 1.00. The fourth-order valence-corrected chi connectivity index (χ4v) is 3.47. The average molecular weight is 212 g/mol. The van der Waals surface area contributed by atoms with E-state index >= 15 is 0 Å². The number of ether oxygens (including phenoxy) is 1. The predicted molar refractivity (Wildman–Crippen MR) is 61.8 cm³/mol. The molecular formula is C12H24N2O. The van der Waals surface area contributed by atoms with Crippen molar-refractivity contribution in [2.24, 2.45) is 11.7 Å². The number of nitrogens with two attached hydrogens (primary N) is 1. The zero-order valence-electron chi connectivity index (χ0n) is 10.3. The van der Waals surface area contributed by atoms with Crippen molar-refractivity contribution in [2.45, 2.75) is 44.7 Å². The minimum atomic E-state index is 0.151. The first-order chi connectivity index (χ1) is 7.00. The zero-order valence-corrected chi connectivity index (χ0v) is 10.3. The number of morpholine rings is 1. The van der Waals surface area contributed by atoms with Crippen LogP contribution in [0.1, 0.15) is 33.6 Å². The van der Waals surface area contributed by atoms with Crippen molar-refractivity contribution < 1.29 is 4.74 Å². The van der Waals surface area contributed by atoms with Gasteiger partial charge in [-0.05, 0) is 32.6 Å². The van der Waals surface area contributed by atoms with Gasteiger partial charge in [0.15, 0.2) is 0 Å². The second-order valence-corrected chi connectivity index (χ2v) is 5.96. The first-order valence-corrected chi connectivity index (χ1v) is 6.06. The van der Waals surface area contributed by atoms with Gasteiger partial charge in [0.1, 0.15) is 0 Å². The molecule has 2 N–H and O–H groups in total. The lowest BCUT2D eigenvalue weighted by Crippen LogP contribution is -2.70. The van der Waals surface area contributed by atoms with E-state index in [1.807, 2.05) is 0 Å². The lowest BCUT2D eigenvalue weighted by molar-refractivity contribution is -0.139. The highest BCUT2D eigenvalue weighted by atomic mass is 16.5. The number of nitrogens with zero attached hydrogens (tertiary/aromatic N) is 1. The summed E-state index contributed by atoms with van der Waals surface area (Å²) in [5, 5.41) is 0. The van der Waals surface area contributed by atoms with Gasteiger partial charge in [0, 0.05) is 24.2 Å². The first kappa shape index (κ1) is 11.4. The van der Waals surface area contributed by atoms with Crippen LogP contribution in [0.25, 0.3) is 0 Å². The molecule has 2 fully saturated rings. The summed E-state index contributed by atoms with van der Waals surface area (Å²) in [5.74, 6) is 0.840. The Morgan fingerprint density at radius 3 is 2.53 bits per heavy atom. The van der Waals surface area contributed by atoms with Crippen molar-refractivity contribution >= 4 is 0 Å². The van der Waals surface area contributed by atoms with E-state index in [0.717, 1.165) is 32.2 Å². The molecule has 0 aromatic heterocycles. The Kier molecular flexibility index (Phi) is 2.82. The minimum absolute atomic E-state index is 0.151. The summed E-state index contributed by atoms with van der Waals surface area (Å²) in [6.07, 6.45) is 2.51. The van der Waals surface area contributed by atoms with E-state index in [1.165, 1.54) is 12.8 Å². The molecule has 15 heavy (non-hydrogen) atoms. The molecule has 88 valence electrons. The Labute approximate surface area is 93.0 Å². The van der Waals surface area contributed by atoms with E-state index in [-0.39, 0.29) is 11.1 Å². The topological polar surface area (TPSA) is 38.5 Å². The van der Waals surface area contributed by atoms with E-state index in [1.54, 1.807) is 0 Å². The molecule has 1 heterocycles. The molecule has 0 atom stereocenters. The maximum atomic E-state index is 6.00. The molecule has 0 aromatic carbocycles. The Bertz CT molecular complexity index is 234. The highest BCUT2D eigenvalue weighted by Gasteiger charge is 2.50. The molecule has 1 saturated carbocycles. The van der Waals surface area contributed by atoms with Crippen LogP contribution in [0, 0.1) is 5.92 Å². The van der Waals surface area contributed by atoms with Gasteiger partial charge in [-0.3, -0.25) is 4.90 Å². The Morgan fingerprint density at radius 1 is 1.40 bits per heavy atom. The van der Waals surface area contributed by atoms with Crippen molar-refractivity contribution in [3.8, 4) is 0 Å². The van der Waals surface area contributed by atoms with Gasteiger partial charge in [-0.2, -0.15) is 0 Å². The van der Waals surface area contributed by atoms with Crippen molar-refractivity contribution in [2.75, 3.05) is 26.3 Å². The van der Waals surface area contributed by atoms with Gasteiger partial charge in [0.25, 0.3) is 0 Å². The predicted octanol–water partition coefficient (Wildman–Crippen LogP) is 1.22. The molecule has 3 nitrogen and oxygen atoms in total. The normalized spacial score (nSPS) is 41.2. The van der Waals surface area contributed by atoms with E-state index in [4.69, 9.17) is 10.5 Å². The van der Waals surface area contributed by atoms with E-state index in [9.17, 15) is 0 Å². The molecule has 0 radical (unpaired) electrons. The van der Waals surface area contributed by atoms with E-state index < -0.39 is 0 Å². The molecule has 0 spiro atoms. The van der Waals surface area contributed by atoms with Gasteiger partial charge in [0.05, 0.1) is 13.2 Å². The fourth-order valence-electron chi connectivity index (χ4n) is 3.47. The van der Waals surface area contributed by atoms with Gasteiger partial charge >= 0.3 is 0 Å². The van der Waals surface area contributed by atoms with Crippen LogP contribution in [0.4, 0.5) is 0 Å². The molecule has 1 aliphatic heterocycles. The third-order valence-corrected chi connectivity index (χ3v) is 4.05. The molecule has 1 aliphatic carbocycles. The number of rotatable bonds is 2. The quantitative estimate of drug-likeness (QED) is 0.748. The van der Waals surface area contributed by atoms with Gasteiger partial charge in [0.2, 0.25) is 0 Å². The van der Waals surface area contributed by atoms with Crippen LogP contribution in [0.2, 0.25) is 0 Å². The van der Waals surface area contributed by atoms with Crippen molar-refractivity contribution in [1.29, 1.82) is 0 Å². The van der Waals surface area contributed by atoms with Crippen molar-refractivity contribution in [3.63, 3.8) is 0 Å². The van der Waals surface area contributed by atoms with Crippen LogP contribution in [0.15, 0.2) is 0 Å². The Balaban J connectivity index is 2.13. The second-order valence-electron chi connectivity index (χ2n) is 5.96. The number of hydrogen-bond donors (Lipinski definition) is 1. The largest absolute Gasteiger partial charge is 0.378 e. The van der Waals surface area contributed by atoms with Crippen LogP contribution < -0.4 is 5.73 Å². The summed E-state index contributed by atoms with van der Waals surface area (Å²) in [4.78, 5) is 2.60. The van der Waals surface area contributed by atoms with E-state index in [2.05, 4.69) is 25.7 Å². The van der Waals surface area contributed by atoms with Crippen LogP contribution >= 0.6 is 0 Å². The highest BCUT2D eigenvalue weighted by Crippen LogP contribution is 2.45.